The number of benzene rings is 1. The number of hydrogen-bond donors (Lipinski definition) is 2. The van der Waals surface area contributed by atoms with E-state index in [1.807, 2.05) is 24.4 Å². The van der Waals surface area contributed by atoms with Crippen LogP contribution in [0.15, 0.2) is 53.2 Å². The Hall–Kier alpha value is -3.45. The molecule has 134 valence electrons. The van der Waals surface area contributed by atoms with Crippen molar-refractivity contribution in [3.8, 4) is 22.6 Å². The highest BCUT2D eigenvalue weighted by molar-refractivity contribution is 5.98. The van der Waals surface area contributed by atoms with Crippen molar-refractivity contribution >= 4 is 11.5 Å². The predicted octanol–water partition coefficient (Wildman–Crippen LogP) is 3.00. The number of fused-ring (bicyclic) bond motifs is 2. The molecule has 4 heterocycles. The van der Waals surface area contributed by atoms with Crippen LogP contribution in [0.1, 0.15) is 21.8 Å². The molecule has 4 aromatic rings. The zero-order valence-corrected chi connectivity index (χ0v) is 14.3. The Morgan fingerprint density at radius 3 is 2.93 bits per heavy atom. The SMILES string of the molecule is O=C(O)c1ccccc1-c1cnn2cc(-c3nc4c(o3)CCNC4)ccc12. The van der Waals surface area contributed by atoms with E-state index in [9.17, 15) is 9.90 Å². The lowest BCUT2D eigenvalue weighted by molar-refractivity contribution is 0.0697. The smallest absolute Gasteiger partial charge is 0.336 e. The molecule has 0 radical (unpaired) electrons. The van der Waals surface area contributed by atoms with Crippen LogP contribution in [0.4, 0.5) is 0 Å². The summed E-state index contributed by atoms with van der Waals surface area (Å²) in [4.78, 5) is 16.1. The number of oxazole rings is 1. The third kappa shape index (κ3) is 2.60. The maximum absolute atomic E-state index is 11.5. The second-order valence-electron chi connectivity index (χ2n) is 6.47. The lowest BCUT2D eigenvalue weighted by Gasteiger charge is -2.08. The standard InChI is InChI=1S/C20H16N4O3/c25-20(26)14-4-2-1-3-13(14)15-9-22-24-11-12(5-6-17(15)24)19-23-16-10-21-8-7-18(16)27-19/h1-6,9,11,21H,7-8,10H2,(H,25,26). The molecule has 3 aromatic heterocycles. The summed E-state index contributed by atoms with van der Waals surface area (Å²) in [6, 6.07) is 10.8. The van der Waals surface area contributed by atoms with Crippen LogP contribution in [0.25, 0.3) is 28.1 Å². The summed E-state index contributed by atoms with van der Waals surface area (Å²) < 4.78 is 7.64. The van der Waals surface area contributed by atoms with Crippen molar-refractivity contribution in [3.63, 3.8) is 0 Å². The van der Waals surface area contributed by atoms with Crippen LogP contribution >= 0.6 is 0 Å². The van der Waals surface area contributed by atoms with Gasteiger partial charge in [-0.25, -0.2) is 14.3 Å². The van der Waals surface area contributed by atoms with Crippen LogP contribution in [0, 0.1) is 0 Å². The largest absolute Gasteiger partial charge is 0.478 e. The molecule has 0 saturated carbocycles. The molecule has 0 aliphatic carbocycles. The average molecular weight is 360 g/mol. The van der Waals surface area contributed by atoms with Crippen molar-refractivity contribution in [1.29, 1.82) is 0 Å². The van der Waals surface area contributed by atoms with Crippen LogP contribution < -0.4 is 5.32 Å². The van der Waals surface area contributed by atoms with Crippen LogP contribution in [0.5, 0.6) is 0 Å². The van der Waals surface area contributed by atoms with E-state index in [2.05, 4.69) is 15.4 Å². The molecule has 5 rings (SSSR count). The summed E-state index contributed by atoms with van der Waals surface area (Å²) in [7, 11) is 0. The number of carboxylic acids is 1. The van der Waals surface area contributed by atoms with Gasteiger partial charge in [0.1, 0.15) is 5.76 Å². The molecule has 1 aromatic carbocycles. The molecular formula is C20H16N4O3. The normalized spacial score (nSPS) is 13.6. The molecule has 0 atom stereocenters. The van der Waals surface area contributed by atoms with E-state index in [-0.39, 0.29) is 5.56 Å². The topological polar surface area (TPSA) is 92.7 Å². The van der Waals surface area contributed by atoms with Crippen molar-refractivity contribution in [2.24, 2.45) is 0 Å². The molecule has 7 heteroatoms. The van der Waals surface area contributed by atoms with Crippen LogP contribution in [-0.4, -0.2) is 32.2 Å². The number of carboxylic acid groups (broad SMARTS) is 1. The number of nitrogens with one attached hydrogen (secondary N) is 1. The Morgan fingerprint density at radius 1 is 1.19 bits per heavy atom. The zero-order valence-electron chi connectivity index (χ0n) is 14.3. The number of nitrogens with zero attached hydrogens (tertiary/aromatic N) is 3. The minimum atomic E-state index is -0.958. The number of aromatic nitrogens is 3. The van der Waals surface area contributed by atoms with E-state index in [0.717, 1.165) is 47.6 Å². The summed E-state index contributed by atoms with van der Waals surface area (Å²) in [6.07, 6.45) is 4.38. The van der Waals surface area contributed by atoms with E-state index >= 15 is 0 Å². The van der Waals surface area contributed by atoms with Gasteiger partial charge in [-0.3, -0.25) is 0 Å². The highest BCUT2D eigenvalue weighted by atomic mass is 16.4. The fraction of sp³-hybridized carbons (Fsp3) is 0.150. The van der Waals surface area contributed by atoms with Gasteiger partial charge in [0.2, 0.25) is 5.89 Å². The molecule has 1 aliphatic rings. The molecule has 0 spiro atoms. The van der Waals surface area contributed by atoms with Crippen molar-refractivity contribution in [2.75, 3.05) is 6.54 Å². The fourth-order valence-corrected chi connectivity index (χ4v) is 3.47. The lowest BCUT2D eigenvalue weighted by atomic mass is 10.0. The van der Waals surface area contributed by atoms with Crippen molar-refractivity contribution in [3.05, 3.63) is 65.8 Å². The average Bonchev–Trinajstić information content (AvgIpc) is 3.31. The molecule has 27 heavy (non-hydrogen) atoms. The van der Waals surface area contributed by atoms with Gasteiger partial charge in [-0.05, 0) is 23.8 Å². The summed E-state index contributed by atoms with van der Waals surface area (Å²) in [6.45, 7) is 1.62. The predicted molar refractivity (Wildman–Crippen MR) is 98.5 cm³/mol. The second kappa shape index (κ2) is 6.07. The summed E-state index contributed by atoms with van der Waals surface area (Å²) >= 11 is 0. The van der Waals surface area contributed by atoms with Gasteiger partial charge in [0.05, 0.1) is 28.5 Å². The minimum Gasteiger partial charge on any atom is -0.478 e. The second-order valence-corrected chi connectivity index (χ2v) is 6.47. The third-order valence-corrected chi connectivity index (χ3v) is 4.81. The highest BCUT2D eigenvalue weighted by Gasteiger charge is 2.19. The van der Waals surface area contributed by atoms with Gasteiger partial charge in [0.15, 0.2) is 0 Å². The first kappa shape index (κ1) is 15.8. The lowest BCUT2D eigenvalue weighted by Crippen LogP contribution is -2.22. The monoisotopic (exact) mass is 360 g/mol. The minimum absolute atomic E-state index is 0.254. The van der Waals surface area contributed by atoms with Gasteiger partial charge < -0.3 is 14.8 Å². The maximum Gasteiger partial charge on any atom is 0.336 e. The van der Waals surface area contributed by atoms with E-state index in [0.29, 0.717) is 11.5 Å². The number of carbonyl (C=O) groups is 1. The van der Waals surface area contributed by atoms with E-state index in [1.165, 1.54) is 0 Å². The Balaban J connectivity index is 1.60. The molecular weight excluding hydrogens is 344 g/mol. The molecule has 0 amide bonds. The van der Waals surface area contributed by atoms with Crippen molar-refractivity contribution in [1.82, 2.24) is 19.9 Å². The molecule has 0 unspecified atom stereocenters. The van der Waals surface area contributed by atoms with Crippen LogP contribution in [0.2, 0.25) is 0 Å². The van der Waals surface area contributed by atoms with Crippen LogP contribution in [-0.2, 0) is 13.0 Å². The number of pyridine rings is 1. The third-order valence-electron chi connectivity index (χ3n) is 4.81. The molecule has 0 fully saturated rings. The Bertz CT molecular complexity index is 1150. The summed E-state index contributed by atoms with van der Waals surface area (Å²) in [5, 5.41) is 17.1. The van der Waals surface area contributed by atoms with Crippen LogP contribution in [0.3, 0.4) is 0 Å². The van der Waals surface area contributed by atoms with Gasteiger partial charge in [-0.15, -0.1) is 0 Å². The van der Waals surface area contributed by atoms with E-state index in [4.69, 9.17) is 4.42 Å². The van der Waals surface area contributed by atoms with Gasteiger partial charge in [0.25, 0.3) is 0 Å². The number of hydrogen-bond acceptors (Lipinski definition) is 5. The number of aromatic carboxylic acids is 1. The van der Waals surface area contributed by atoms with Gasteiger partial charge >= 0.3 is 5.97 Å². The quantitative estimate of drug-likeness (QED) is 0.583. The number of rotatable bonds is 3. The van der Waals surface area contributed by atoms with Crippen molar-refractivity contribution in [2.45, 2.75) is 13.0 Å². The van der Waals surface area contributed by atoms with Gasteiger partial charge in [-0.2, -0.15) is 5.10 Å². The Labute approximate surface area is 154 Å². The zero-order chi connectivity index (χ0) is 18.4. The first-order chi connectivity index (χ1) is 13.2. The van der Waals surface area contributed by atoms with Gasteiger partial charge in [-0.1, -0.05) is 18.2 Å². The molecule has 2 N–H and O–H groups in total. The maximum atomic E-state index is 11.5. The summed E-state index contributed by atoms with van der Waals surface area (Å²) in [5.41, 5.74) is 4.28. The van der Waals surface area contributed by atoms with Crippen molar-refractivity contribution < 1.29 is 14.3 Å². The molecule has 0 saturated heterocycles. The molecule has 0 bridgehead atoms. The van der Waals surface area contributed by atoms with Gasteiger partial charge in [0, 0.05) is 31.3 Å². The molecule has 1 aliphatic heterocycles. The van der Waals surface area contributed by atoms with E-state index in [1.54, 1.807) is 28.9 Å². The first-order valence-corrected chi connectivity index (χ1v) is 8.70. The Morgan fingerprint density at radius 2 is 2.07 bits per heavy atom. The fourth-order valence-electron chi connectivity index (χ4n) is 3.47. The van der Waals surface area contributed by atoms with E-state index < -0.39 is 5.97 Å². The molecule has 7 nitrogen and oxygen atoms in total. The highest BCUT2D eigenvalue weighted by Crippen LogP contribution is 2.30. The Kier molecular flexibility index (Phi) is 3.54. The first-order valence-electron chi connectivity index (χ1n) is 8.70. The summed E-state index contributed by atoms with van der Waals surface area (Å²) in [5.74, 6) is 0.550.